The van der Waals surface area contributed by atoms with Gasteiger partial charge in [0.25, 0.3) is 5.91 Å². The molecule has 0 radical (unpaired) electrons. The maximum Gasteiger partial charge on any atom is 0.256 e. The van der Waals surface area contributed by atoms with Crippen LogP contribution in [0.15, 0.2) is 54.6 Å². The first-order chi connectivity index (χ1) is 13.7. The number of thiophene rings is 1. The van der Waals surface area contributed by atoms with Crippen molar-refractivity contribution in [1.29, 1.82) is 0 Å². The quantitative estimate of drug-likeness (QED) is 0.640. The number of hydrogen-bond donors (Lipinski definition) is 3. The summed E-state index contributed by atoms with van der Waals surface area (Å²) in [6.45, 7) is 2.97. The molecule has 1 amide bonds. The molecule has 142 valence electrons. The zero-order valence-corrected chi connectivity index (χ0v) is 16.1. The highest BCUT2D eigenvalue weighted by Gasteiger charge is 2.34. The Morgan fingerprint density at radius 1 is 1.07 bits per heavy atom. The predicted octanol–water partition coefficient (Wildman–Crippen LogP) is 2.88. The van der Waals surface area contributed by atoms with E-state index in [4.69, 9.17) is 0 Å². The molecule has 3 aromatic rings. The van der Waals surface area contributed by atoms with Crippen LogP contribution >= 0.6 is 11.3 Å². The van der Waals surface area contributed by atoms with Crippen molar-refractivity contribution in [2.45, 2.75) is 25.7 Å². The van der Waals surface area contributed by atoms with E-state index in [2.05, 4.69) is 34.9 Å². The third-order valence-corrected chi connectivity index (χ3v) is 6.67. The van der Waals surface area contributed by atoms with Crippen molar-refractivity contribution in [3.63, 3.8) is 0 Å². The maximum atomic E-state index is 13.2. The highest BCUT2D eigenvalue weighted by molar-refractivity contribution is 7.16. The molecular formula is C22H21FN3OS+. The number of hydrogen-bond acceptors (Lipinski definition) is 3. The molecule has 0 saturated carbocycles. The Kier molecular flexibility index (Phi) is 4.37. The lowest BCUT2D eigenvalue weighted by Gasteiger charge is -2.27. The van der Waals surface area contributed by atoms with Gasteiger partial charge in [-0.05, 0) is 23.3 Å². The zero-order valence-electron chi connectivity index (χ0n) is 15.3. The standard InChI is InChI=1S/C22H20FN3OS/c23-16-8-6-15(7-9-16)20-24-21(27)19-17-10-11-26(12-14-4-2-1-3-5-14)13-18(17)28-22(19)25-20/h1-9,20,25H,10-13H2,(H,24,27)/p+1/t20-/m1/s1. The summed E-state index contributed by atoms with van der Waals surface area (Å²) in [4.78, 5) is 15.6. The lowest BCUT2D eigenvalue weighted by molar-refractivity contribution is -0.929. The van der Waals surface area contributed by atoms with E-state index in [1.54, 1.807) is 23.5 Å². The molecule has 28 heavy (non-hydrogen) atoms. The van der Waals surface area contributed by atoms with Crippen LogP contribution in [0.2, 0.25) is 0 Å². The highest BCUT2D eigenvalue weighted by atomic mass is 32.1. The molecule has 2 aliphatic rings. The Morgan fingerprint density at radius 2 is 1.86 bits per heavy atom. The number of anilines is 1. The number of rotatable bonds is 3. The first kappa shape index (κ1) is 17.4. The van der Waals surface area contributed by atoms with Crippen molar-refractivity contribution < 1.29 is 14.1 Å². The van der Waals surface area contributed by atoms with E-state index < -0.39 is 0 Å². The number of fused-ring (bicyclic) bond motifs is 3. The third kappa shape index (κ3) is 3.19. The summed E-state index contributed by atoms with van der Waals surface area (Å²) in [7, 11) is 0. The molecule has 3 heterocycles. The van der Waals surface area contributed by atoms with E-state index in [0.717, 1.165) is 42.2 Å². The summed E-state index contributed by atoms with van der Waals surface area (Å²) in [5, 5.41) is 7.40. The average molecular weight is 394 g/mol. The molecule has 0 aliphatic carbocycles. The summed E-state index contributed by atoms with van der Waals surface area (Å²) < 4.78 is 13.2. The Balaban J connectivity index is 1.38. The van der Waals surface area contributed by atoms with E-state index >= 15 is 0 Å². The number of benzene rings is 2. The number of amides is 1. The second-order valence-corrected chi connectivity index (χ2v) is 8.50. The van der Waals surface area contributed by atoms with Gasteiger partial charge in [0.15, 0.2) is 0 Å². The van der Waals surface area contributed by atoms with Gasteiger partial charge in [-0.25, -0.2) is 4.39 Å². The van der Waals surface area contributed by atoms with Crippen LogP contribution in [-0.2, 0) is 19.5 Å². The molecule has 0 spiro atoms. The number of quaternary nitrogens is 1. The molecule has 0 bridgehead atoms. The zero-order chi connectivity index (χ0) is 19.1. The molecule has 6 heteroatoms. The average Bonchev–Trinajstić information content (AvgIpc) is 3.07. The number of halogens is 1. The van der Waals surface area contributed by atoms with Crippen LogP contribution in [0.4, 0.5) is 9.39 Å². The molecule has 2 aliphatic heterocycles. The Bertz CT molecular complexity index is 1020. The molecule has 0 saturated heterocycles. The molecule has 2 atom stereocenters. The summed E-state index contributed by atoms with van der Waals surface area (Å²) in [5.41, 5.74) is 4.19. The van der Waals surface area contributed by atoms with Crippen LogP contribution in [0.25, 0.3) is 0 Å². The van der Waals surface area contributed by atoms with Crippen molar-refractivity contribution in [3.05, 3.63) is 87.5 Å². The van der Waals surface area contributed by atoms with Gasteiger partial charge in [-0.15, -0.1) is 11.3 Å². The molecule has 1 unspecified atom stereocenters. The summed E-state index contributed by atoms with van der Waals surface area (Å²) in [6, 6.07) is 16.8. The van der Waals surface area contributed by atoms with E-state index in [9.17, 15) is 9.18 Å². The van der Waals surface area contributed by atoms with Crippen molar-refractivity contribution in [1.82, 2.24) is 5.32 Å². The van der Waals surface area contributed by atoms with Gasteiger partial charge in [0.2, 0.25) is 0 Å². The van der Waals surface area contributed by atoms with Gasteiger partial charge in [0, 0.05) is 12.0 Å². The molecule has 0 fully saturated rings. The van der Waals surface area contributed by atoms with Gasteiger partial charge in [-0.1, -0.05) is 42.5 Å². The van der Waals surface area contributed by atoms with Crippen molar-refractivity contribution in [2.75, 3.05) is 11.9 Å². The van der Waals surface area contributed by atoms with Crippen molar-refractivity contribution in [2.24, 2.45) is 0 Å². The minimum atomic E-state index is -0.325. The smallest absolute Gasteiger partial charge is 0.256 e. The van der Waals surface area contributed by atoms with Crippen LogP contribution in [0.1, 0.15) is 38.1 Å². The first-order valence-corrected chi connectivity index (χ1v) is 10.3. The van der Waals surface area contributed by atoms with Crippen molar-refractivity contribution >= 4 is 22.2 Å². The largest absolute Gasteiger partial charge is 0.353 e. The third-order valence-electron chi connectivity index (χ3n) is 5.51. The first-order valence-electron chi connectivity index (χ1n) is 9.52. The molecule has 3 N–H and O–H groups in total. The normalized spacial score (nSPS) is 20.7. The fourth-order valence-corrected chi connectivity index (χ4v) is 5.45. The Morgan fingerprint density at radius 3 is 2.64 bits per heavy atom. The van der Waals surface area contributed by atoms with Gasteiger partial charge in [-0.2, -0.15) is 0 Å². The summed E-state index contributed by atoms with van der Waals surface area (Å²) in [6.07, 6.45) is 0.591. The molecular weight excluding hydrogens is 373 g/mol. The SMILES string of the molecule is O=C1N[C@@H](c2ccc(F)cc2)Nc2sc3c(c21)CC[NH+](Cc1ccccc1)C3. The summed E-state index contributed by atoms with van der Waals surface area (Å²) >= 11 is 1.69. The molecule has 2 aromatic carbocycles. The predicted molar refractivity (Wildman–Crippen MR) is 108 cm³/mol. The highest BCUT2D eigenvalue weighted by Crippen LogP contribution is 2.39. The minimum Gasteiger partial charge on any atom is -0.353 e. The van der Waals surface area contributed by atoms with Gasteiger partial charge < -0.3 is 15.5 Å². The molecule has 1 aromatic heterocycles. The van der Waals surface area contributed by atoms with Crippen LogP contribution < -0.4 is 15.5 Å². The fraction of sp³-hybridized carbons (Fsp3) is 0.227. The number of nitrogens with one attached hydrogen (secondary N) is 3. The van der Waals surface area contributed by atoms with Gasteiger partial charge in [0.1, 0.15) is 30.1 Å². The second-order valence-electron chi connectivity index (χ2n) is 7.40. The minimum absolute atomic E-state index is 0.0351. The van der Waals surface area contributed by atoms with Gasteiger partial charge in [0.05, 0.1) is 17.0 Å². The van der Waals surface area contributed by atoms with Crippen molar-refractivity contribution in [3.8, 4) is 0 Å². The Hall–Kier alpha value is -2.70. The van der Waals surface area contributed by atoms with Crippen LogP contribution in [0.3, 0.4) is 0 Å². The van der Waals surface area contributed by atoms with E-state index in [-0.39, 0.29) is 17.9 Å². The van der Waals surface area contributed by atoms with E-state index in [0.29, 0.717) is 0 Å². The second kappa shape index (κ2) is 7.04. The molecule has 4 nitrogen and oxygen atoms in total. The lowest BCUT2D eigenvalue weighted by atomic mass is 10.00. The number of carbonyl (C=O) groups is 1. The van der Waals surface area contributed by atoms with E-state index in [1.807, 2.05) is 6.07 Å². The number of carbonyl (C=O) groups excluding carboxylic acids is 1. The van der Waals surface area contributed by atoms with E-state index in [1.165, 1.54) is 33.0 Å². The topological polar surface area (TPSA) is 45.6 Å². The van der Waals surface area contributed by atoms with Gasteiger partial charge >= 0.3 is 0 Å². The monoisotopic (exact) mass is 394 g/mol. The Labute approximate surface area is 167 Å². The van der Waals surface area contributed by atoms with Crippen LogP contribution in [0.5, 0.6) is 0 Å². The fourth-order valence-electron chi connectivity index (χ4n) is 4.11. The van der Waals surface area contributed by atoms with Crippen LogP contribution in [-0.4, -0.2) is 12.5 Å². The summed E-state index contributed by atoms with van der Waals surface area (Å²) in [5.74, 6) is -0.313. The van der Waals surface area contributed by atoms with Gasteiger partial charge in [-0.3, -0.25) is 4.79 Å². The molecule has 5 rings (SSSR count). The lowest BCUT2D eigenvalue weighted by Crippen LogP contribution is -3.10. The van der Waals surface area contributed by atoms with Crippen LogP contribution in [0, 0.1) is 5.82 Å². The maximum absolute atomic E-state index is 13.2.